The number of H-pyrrole nitrogens is 1. The number of ether oxygens (including phenoxy) is 1. The molecule has 0 aliphatic rings. The second kappa shape index (κ2) is 9.73. The van der Waals surface area contributed by atoms with Crippen molar-refractivity contribution in [3.8, 4) is 22.6 Å². The molecule has 1 amide bonds. The molecule has 0 aliphatic heterocycles. The predicted molar refractivity (Wildman–Crippen MR) is 121 cm³/mol. The van der Waals surface area contributed by atoms with Crippen LogP contribution in [0.5, 0.6) is 11.5 Å². The zero-order valence-electron chi connectivity index (χ0n) is 17.0. The van der Waals surface area contributed by atoms with Gasteiger partial charge in [0.2, 0.25) is 0 Å². The van der Waals surface area contributed by atoms with Gasteiger partial charge in [-0.05, 0) is 60.5 Å². The fourth-order valence-electron chi connectivity index (χ4n) is 3.35. The van der Waals surface area contributed by atoms with Crippen LogP contribution in [-0.4, -0.2) is 22.6 Å². The van der Waals surface area contributed by atoms with Gasteiger partial charge in [-0.3, -0.25) is 9.89 Å². The molecule has 1 atom stereocenters. The molecule has 0 saturated heterocycles. The quantitative estimate of drug-likeness (QED) is 0.391. The molecular formula is C25H24N4O2. The standard InChI is InChI=1S/C25H24N4O2/c26-15-14-24(19-8-6-18(7-9-19)21-16-27-28-17-21)29-25(30)20-10-12-23(13-11-20)31-22-4-2-1-3-5-22/h1-13,16-17,24H,14-15,26H2,(H,27,28)(H,29,30). The van der Waals surface area contributed by atoms with Crippen molar-refractivity contribution in [2.75, 3.05) is 6.54 Å². The zero-order chi connectivity index (χ0) is 21.5. The number of amides is 1. The zero-order valence-corrected chi connectivity index (χ0v) is 17.0. The van der Waals surface area contributed by atoms with Crippen molar-refractivity contribution in [1.29, 1.82) is 0 Å². The first-order valence-electron chi connectivity index (χ1n) is 10.2. The lowest BCUT2D eigenvalue weighted by Gasteiger charge is -2.19. The predicted octanol–water partition coefficient (Wildman–Crippen LogP) is 4.69. The highest BCUT2D eigenvalue weighted by Gasteiger charge is 2.16. The third-order valence-electron chi connectivity index (χ3n) is 5.00. The molecule has 156 valence electrons. The van der Waals surface area contributed by atoms with Crippen molar-refractivity contribution >= 4 is 5.91 Å². The summed E-state index contributed by atoms with van der Waals surface area (Å²) in [7, 11) is 0. The summed E-state index contributed by atoms with van der Waals surface area (Å²) in [6, 6.07) is 24.5. The smallest absolute Gasteiger partial charge is 0.251 e. The second-order valence-electron chi connectivity index (χ2n) is 7.15. The number of aromatic nitrogens is 2. The molecule has 1 heterocycles. The van der Waals surface area contributed by atoms with Crippen molar-refractivity contribution in [1.82, 2.24) is 15.5 Å². The average Bonchev–Trinajstić information content (AvgIpc) is 3.35. The minimum Gasteiger partial charge on any atom is -0.457 e. The van der Waals surface area contributed by atoms with E-state index in [0.717, 1.165) is 22.4 Å². The molecule has 4 aromatic rings. The third kappa shape index (κ3) is 5.18. The van der Waals surface area contributed by atoms with Gasteiger partial charge in [-0.1, -0.05) is 42.5 Å². The normalized spacial score (nSPS) is 11.6. The van der Waals surface area contributed by atoms with E-state index in [2.05, 4.69) is 15.5 Å². The summed E-state index contributed by atoms with van der Waals surface area (Å²) >= 11 is 0. The van der Waals surface area contributed by atoms with E-state index < -0.39 is 0 Å². The number of rotatable bonds is 8. The molecule has 0 spiro atoms. The summed E-state index contributed by atoms with van der Waals surface area (Å²) < 4.78 is 5.79. The maximum absolute atomic E-state index is 12.8. The molecule has 4 N–H and O–H groups in total. The van der Waals surface area contributed by atoms with Crippen LogP contribution in [0.15, 0.2) is 91.3 Å². The van der Waals surface area contributed by atoms with Crippen molar-refractivity contribution in [3.63, 3.8) is 0 Å². The Morgan fingerprint density at radius 3 is 2.29 bits per heavy atom. The monoisotopic (exact) mass is 412 g/mol. The molecule has 3 aromatic carbocycles. The van der Waals surface area contributed by atoms with Crippen molar-refractivity contribution < 1.29 is 9.53 Å². The average molecular weight is 412 g/mol. The summed E-state index contributed by atoms with van der Waals surface area (Å²) in [6.07, 6.45) is 4.27. The number of benzene rings is 3. The fraction of sp³-hybridized carbons (Fsp3) is 0.120. The minimum absolute atomic E-state index is 0.149. The first kappa shape index (κ1) is 20.4. The third-order valence-corrected chi connectivity index (χ3v) is 5.00. The Morgan fingerprint density at radius 2 is 1.65 bits per heavy atom. The number of hydrogen-bond donors (Lipinski definition) is 3. The van der Waals surface area contributed by atoms with Crippen LogP contribution in [0.25, 0.3) is 11.1 Å². The molecule has 6 nitrogen and oxygen atoms in total. The van der Waals surface area contributed by atoms with E-state index in [-0.39, 0.29) is 11.9 Å². The summed E-state index contributed by atoms with van der Waals surface area (Å²) in [6.45, 7) is 0.471. The Labute approximate surface area is 181 Å². The van der Waals surface area contributed by atoms with Gasteiger partial charge in [0.25, 0.3) is 5.91 Å². The van der Waals surface area contributed by atoms with Crippen LogP contribution in [-0.2, 0) is 0 Å². The Hall–Kier alpha value is -3.90. The molecule has 0 fully saturated rings. The molecule has 31 heavy (non-hydrogen) atoms. The van der Waals surface area contributed by atoms with Gasteiger partial charge >= 0.3 is 0 Å². The van der Waals surface area contributed by atoms with E-state index in [4.69, 9.17) is 10.5 Å². The van der Waals surface area contributed by atoms with Crippen molar-refractivity contribution in [2.24, 2.45) is 5.73 Å². The lowest BCUT2D eigenvalue weighted by molar-refractivity contribution is 0.0935. The number of nitrogens with two attached hydrogens (primary N) is 1. The number of nitrogens with one attached hydrogen (secondary N) is 2. The Bertz CT molecular complexity index is 1090. The van der Waals surface area contributed by atoms with Gasteiger partial charge in [-0.25, -0.2) is 0 Å². The Kier molecular flexibility index (Phi) is 6.40. The number of carbonyl (C=O) groups is 1. The molecule has 4 rings (SSSR count). The number of carbonyl (C=O) groups excluding carboxylic acids is 1. The van der Waals surface area contributed by atoms with Gasteiger partial charge in [0.1, 0.15) is 11.5 Å². The topological polar surface area (TPSA) is 93.0 Å². The number of nitrogens with zero attached hydrogens (tertiary/aromatic N) is 1. The molecular weight excluding hydrogens is 388 g/mol. The minimum atomic E-state index is -0.170. The fourth-order valence-corrected chi connectivity index (χ4v) is 3.35. The van der Waals surface area contributed by atoms with Crippen molar-refractivity contribution in [2.45, 2.75) is 12.5 Å². The van der Waals surface area contributed by atoms with Gasteiger partial charge in [0.15, 0.2) is 0 Å². The summed E-state index contributed by atoms with van der Waals surface area (Å²) in [5.41, 5.74) is 9.45. The SMILES string of the molecule is NCCC(NC(=O)c1ccc(Oc2ccccc2)cc1)c1ccc(-c2cn[nH]c2)cc1. The maximum atomic E-state index is 12.8. The number of aromatic amines is 1. The Balaban J connectivity index is 1.43. The second-order valence-corrected chi connectivity index (χ2v) is 7.15. The van der Waals surface area contributed by atoms with Crippen molar-refractivity contribution in [3.05, 3.63) is 102 Å². The first-order chi connectivity index (χ1) is 15.2. The Morgan fingerprint density at radius 1 is 0.935 bits per heavy atom. The van der Waals surface area contributed by atoms with E-state index >= 15 is 0 Å². The largest absolute Gasteiger partial charge is 0.457 e. The number of hydrogen-bond acceptors (Lipinski definition) is 4. The van der Waals surface area contributed by atoms with Crippen LogP contribution in [0.3, 0.4) is 0 Å². The molecule has 0 radical (unpaired) electrons. The lowest BCUT2D eigenvalue weighted by atomic mass is 10.00. The highest BCUT2D eigenvalue weighted by molar-refractivity contribution is 5.94. The molecule has 0 saturated carbocycles. The van der Waals surface area contributed by atoms with Gasteiger partial charge in [-0.15, -0.1) is 0 Å². The van der Waals surface area contributed by atoms with Crippen LogP contribution in [0.4, 0.5) is 0 Å². The molecule has 1 unspecified atom stereocenters. The summed E-state index contributed by atoms with van der Waals surface area (Å²) in [5.74, 6) is 1.28. The molecule has 0 aliphatic carbocycles. The van der Waals surface area contributed by atoms with Crippen LogP contribution >= 0.6 is 0 Å². The molecule has 1 aromatic heterocycles. The van der Waals surface area contributed by atoms with Gasteiger partial charge in [0, 0.05) is 17.3 Å². The van der Waals surface area contributed by atoms with Gasteiger partial charge in [-0.2, -0.15) is 5.10 Å². The maximum Gasteiger partial charge on any atom is 0.251 e. The van der Waals surface area contributed by atoms with Crippen LogP contribution in [0.2, 0.25) is 0 Å². The van der Waals surface area contributed by atoms with Gasteiger partial charge < -0.3 is 15.8 Å². The summed E-state index contributed by atoms with van der Waals surface area (Å²) in [5, 5.41) is 9.89. The van der Waals surface area contributed by atoms with Crippen LogP contribution in [0.1, 0.15) is 28.4 Å². The van der Waals surface area contributed by atoms with Gasteiger partial charge in [0.05, 0.1) is 12.2 Å². The highest BCUT2D eigenvalue weighted by Crippen LogP contribution is 2.24. The number of para-hydroxylation sites is 1. The molecule has 0 bridgehead atoms. The van der Waals surface area contributed by atoms with Crippen LogP contribution < -0.4 is 15.8 Å². The highest BCUT2D eigenvalue weighted by atomic mass is 16.5. The van der Waals surface area contributed by atoms with E-state index in [1.165, 1.54) is 0 Å². The van der Waals surface area contributed by atoms with E-state index in [1.807, 2.05) is 60.8 Å². The van der Waals surface area contributed by atoms with E-state index in [9.17, 15) is 4.79 Å². The van der Waals surface area contributed by atoms with E-state index in [1.54, 1.807) is 30.5 Å². The van der Waals surface area contributed by atoms with E-state index in [0.29, 0.717) is 24.3 Å². The first-order valence-corrected chi connectivity index (χ1v) is 10.2. The lowest BCUT2D eigenvalue weighted by Crippen LogP contribution is -2.30. The summed E-state index contributed by atoms with van der Waals surface area (Å²) in [4.78, 5) is 12.8. The molecule has 6 heteroatoms. The van der Waals surface area contributed by atoms with Crippen LogP contribution in [0, 0.1) is 0 Å².